The maximum atomic E-state index is 12.3. The maximum absolute atomic E-state index is 12.3. The van der Waals surface area contributed by atoms with E-state index in [9.17, 15) is 18.3 Å². The molecule has 0 spiro atoms. The van der Waals surface area contributed by atoms with Gasteiger partial charge in [-0.3, -0.25) is 4.98 Å². The van der Waals surface area contributed by atoms with Crippen molar-refractivity contribution < 1.29 is 27.8 Å². The topological polar surface area (TPSA) is 77.4 Å². The Morgan fingerprint density at radius 2 is 1.52 bits per heavy atom. The fraction of sp³-hybridized carbons (Fsp3) is 0.318. The number of alkyl halides is 3. The average Bonchev–Trinajstić information content (AvgIpc) is 2.72. The highest BCUT2D eigenvalue weighted by molar-refractivity contribution is 5.63. The molecule has 31 heavy (non-hydrogen) atoms. The van der Waals surface area contributed by atoms with E-state index in [1.165, 1.54) is 43.9 Å². The molecule has 0 saturated heterocycles. The van der Waals surface area contributed by atoms with Crippen molar-refractivity contribution in [2.24, 2.45) is 5.41 Å². The van der Waals surface area contributed by atoms with Gasteiger partial charge in [-0.1, -0.05) is 39.0 Å². The number of hydrogen-bond acceptors (Lipinski definition) is 6. The molecule has 2 aromatic heterocycles. The van der Waals surface area contributed by atoms with Gasteiger partial charge in [0.25, 0.3) is 0 Å². The van der Waals surface area contributed by atoms with Gasteiger partial charge in [-0.25, -0.2) is 9.97 Å². The molecule has 0 aliphatic carbocycles. The van der Waals surface area contributed by atoms with Crippen molar-refractivity contribution in [1.29, 1.82) is 0 Å². The lowest BCUT2D eigenvalue weighted by Gasteiger charge is -2.40. The molecule has 3 rings (SSSR count). The van der Waals surface area contributed by atoms with Crippen LogP contribution in [-0.4, -0.2) is 33.5 Å². The third-order valence-corrected chi connectivity index (χ3v) is 4.90. The molecule has 0 fully saturated rings. The van der Waals surface area contributed by atoms with Crippen LogP contribution in [0.2, 0.25) is 0 Å². The molecule has 0 aliphatic heterocycles. The standard InChI is InChI=1S/C22H22F3N3O3/c1-20(2,3)21(29,17-12-26-13-28-19(17)30-4)18-10-7-15(11-27-18)14-5-8-16(9-6-14)31-22(23,24)25/h5-13,29H,1-4H3. The molecule has 1 N–H and O–H groups in total. The number of methoxy groups -OCH3 is 1. The lowest BCUT2D eigenvalue weighted by Crippen LogP contribution is -2.42. The summed E-state index contributed by atoms with van der Waals surface area (Å²) < 4.78 is 46.2. The van der Waals surface area contributed by atoms with E-state index in [4.69, 9.17) is 4.74 Å². The molecular weight excluding hydrogens is 411 g/mol. The average molecular weight is 433 g/mol. The molecule has 2 heterocycles. The Hall–Kier alpha value is -3.20. The lowest BCUT2D eigenvalue weighted by atomic mass is 9.70. The largest absolute Gasteiger partial charge is 0.573 e. The van der Waals surface area contributed by atoms with Crippen LogP contribution in [0.15, 0.2) is 55.1 Å². The Labute approximate surface area is 177 Å². The number of aromatic nitrogens is 3. The molecule has 1 aromatic carbocycles. The van der Waals surface area contributed by atoms with Gasteiger partial charge >= 0.3 is 6.36 Å². The van der Waals surface area contributed by atoms with E-state index in [1.807, 2.05) is 20.8 Å². The van der Waals surface area contributed by atoms with Crippen molar-refractivity contribution in [3.63, 3.8) is 0 Å². The molecule has 164 valence electrons. The lowest BCUT2D eigenvalue weighted by molar-refractivity contribution is -0.274. The molecule has 1 unspecified atom stereocenters. The highest BCUT2D eigenvalue weighted by atomic mass is 19.4. The SMILES string of the molecule is COc1ncncc1C(O)(c1ccc(-c2ccc(OC(F)(F)F)cc2)cn1)C(C)(C)C. The van der Waals surface area contributed by atoms with E-state index in [0.717, 1.165) is 0 Å². The number of benzene rings is 1. The van der Waals surface area contributed by atoms with Gasteiger partial charge in [0.05, 0.1) is 18.4 Å². The molecule has 0 radical (unpaired) electrons. The minimum atomic E-state index is -4.75. The van der Waals surface area contributed by atoms with Crippen LogP contribution >= 0.6 is 0 Å². The summed E-state index contributed by atoms with van der Waals surface area (Å²) in [5, 5.41) is 11.8. The van der Waals surface area contributed by atoms with Crippen LogP contribution in [0.5, 0.6) is 11.6 Å². The third-order valence-electron chi connectivity index (χ3n) is 4.90. The van der Waals surface area contributed by atoms with E-state index >= 15 is 0 Å². The van der Waals surface area contributed by atoms with E-state index in [1.54, 1.807) is 18.3 Å². The van der Waals surface area contributed by atoms with Crippen molar-refractivity contribution in [2.75, 3.05) is 7.11 Å². The van der Waals surface area contributed by atoms with Gasteiger partial charge in [0.15, 0.2) is 0 Å². The maximum Gasteiger partial charge on any atom is 0.573 e. The third kappa shape index (κ3) is 4.61. The van der Waals surface area contributed by atoms with E-state index < -0.39 is 17.4 Å². The number of ether oxygens (including phenoxy) is 2. The Morgan fingerprint density at radius 3 is 2.03 bits per heavy atom. The van der Waals surface area contributed by atoms with Gasteiger partial charge in [-0.15, -0.1) is 13.2 Å². The van der Waals surface area contributed by atoms with Crippen LogP contribution in [0.1, 0.15) is 32.0 Å². The number of rotatable bonds is 5. The predicted octanol–water partition coefficient (Wildman–Crippen LogP) is 4.73. The van der Waals surface area contributed by atoms with Gasteiger partial charge in [0.1, 0.15) is 17.7 Å². The second kappa shape index (κ2) is 8.14. The Kier molecular flexibility index (Phi) is 5.91. The summed E-state index contributed by atoms with van der Waals surface area (Å²) in [6.07, 6.45) is -0.383. The van der Waals surface area contributed by atoms with Crippen LogP contribution in [0, 0.1) is 5.41 Å². The predicted molar refractivity (Wildman–Crippen MR) is 107 cm³/mol. The molecule has 0 bridgehead atoms. The summed E-state index contributed by atoms with van der Waals surface area (Å²) >= 11 is 0. The summed E-state index contributed by atoms with van der Waals surface area (Å²) in [6, 6.07) is 8.86. The zero-order valence-electron chi connectivity index (χ0n) is 17.4. The van der Waals surface area contributed by atoms with Crippen molar-refractivity contribution in [1.82, 2.24) is 15.0 Å². The highest BCUT2D eigenvalue weighted by Crippen LogP contribution is 2.46. The molecule has 0 amide bonds. The summed E-state index contributed by atoms with van der Waals surface area (Å²) in [4.78, 5) is 12.6. The summed E-state index contributed by atoms with van der Waals surface area (Å²) in [5.41, 5.74) is -0.227. The molecule has 9 heteroatoms. The number of halogens is 3. The van der Waals surface area contributed by atoms with E-state index in [0.29, 0.717) is 22.4 Å². The van der Waals surface area contributed by atoms with Crippen LogP contribution in [0.25, 0.3) is 11.1 Å². The fourth-order valence-corrected chi connectivity index (χ4v) is 3.28. The van der Waals surface area contributed by atoms with Gasteiger partial charge in [-0.2, -0.15) is 0 Å². The number of aliphatic hydroxyl groups is 1. The molecular formula is C22H22F3N3O3. The van der Waals surface area contributed by atoms with Crippen molar-refractivity contribution >= 4 is 0 Å². The Morgan fingerprint density at radius 1 is 0.871 bits per heavy atom. The first-order valence-electron chi connectivity index (χ1n) is 9.35. The molecule has 0 saturated carbocycles. The quantitative estimate of drug-likeness (QED) is 0.627. The molecule has 0 aliphatic rings. The van der Waals surface area contributed by atoms with E-state index in [-0.39, 0.29) is 11.6 Å². The summed E-state index contributed by atoms with van der Waals surface area (Å²) in [7, 11) is 1.46. The molecule has 1 atom stereocenters. The van der Waals surface area contributed by atoms with Crippen molar-refractivity contribution in [3.05, 3.63) is 66.4 Å². The first kappa shape index (κ1) is 22.5. The van der Waals surface area contributed by atoms with Gasteiger partial charge in [-0.05, 0) is 23.8 Å². The van der Waals surface area contributed by atoms with E-state index in [2.05, 4.69) is 19.7 Å². The summed E-state index contributed by atoms with van der Waals surface area (Å²) in [6.45, 7) is 5.57. The molecule has 6 nitrogen and oxygen atoms in total. The first-order valence-corrected chi connectivity index (χ1v) is 9.35. The van der Waals surface area contributed by atoms with Gasteiger partial charge in [0, 0.05) is 23.4 Å². The van der Waals surface area contributed by atoms with Gasteiger partial charge in [0.2, 0.25) is 5.88 Å². The van der Waals surface area contributed by atoms with Crippen LogP contribution < -0.4 is 9.47 Å². The van der Waals surface area contributed by atoms with Crippen LogP contribution in [0.4, 0.5) is 13.2 Å². The van der Waals surface area contributed by atoms with Gasteiger partial charge < -0.3 is 14.6 Å². The monoisotopic (exact) mass is 433 g/mol. The second-order valence-electron chi connectivity index (χ2n) is 7.91. The summed E-state index contributed by atoms with van der Waals surface area (Å²) in [5.74, 6) is -0.0716. The van der Waals surface area contributed by atoms with Crippen LogP contribution in [0.3, 0.4) is 0 Å². The Balaban J connectivity index is 1.98. The normalized spacial score (nSPS) is 14.1. The minimum Gasteiger partial charge on any atom is -0.481 e. The van der Waals surface area contributed by atoms with Crippen molar-refractivity contribution in [2.45, 2.75) is 32.7 Å². The number of hydrogen-bond donors (Lipinski definition) is 1. The number of pyridine rings is 1. The second-order valence-corrected chi connectivity index (χ2v) is 7.91. The van der Waals surface area contributed by atoms with Crippen LogP contribution in [-0.2, 0) is 5.60 Å². The zero-order chi connectivity index (χ0) is 22.9. The number of nitrogens with zero attached hydrogens (tertiary/aromatic N) is 3. The Bertz CT molecular complexity index is 1030. The molecule has 3 aromatic rings. The zero-order valence-corrected chi connectivity index (χ0v) is 17.4. The smallest absolute Gasteiger partial charge is 0.481 e. The van der Waals surface area contributed by atoms with Crippen molar-refractivity contribution in [3.8, 4) is 22.8 Å². The fourth-order valence-electron chi connectivity index (χ4n) is 3.28. The highest BCUT2D eigenvalue weighted by Gasteiger charge is 2.47. The first-order chi connectivity index (χ1) is 14.5. The minimum absolute atomic E-state index is 0.235.